The average Bonchev–Trinajstić information content (AvgIpc) is 2.94. The molecule has 0 spiro atoms. The molecule has 0 N–H and O–H groups in total. The second-order valence-corrected chi connectivity index (χ2v) is 9.32. The second kappa shape index (κ2) is 5.92. The van der Waals surface area contributed by atoms with Crippen molar-refractivity contribution in [1.82, 2.24) is 14.4 Å². The Morgan fingerprint density at radius 2 is 1.77 bits per heavy atom. The Balaban J connectivity index is 1.80. The van der Waals surface area contributed by atoms with E-state index >= 15 is 0 Å². The fourth-order valence-electron chi connectivity index (χ4n) is 4.12. The zero-order chi connectivity index (χ0) is 18.6. The van der Waals surface area contributed by atoms with Gasteiger partial charge in [0, 0.05) is 37.6 Å². The summed E-state index contributed by atoms with van der Waals surface area (Å²) in [6.07, 6.45) is 0. The van der Waals surface area contributed by atoms with Gasteiger partial charge in [-0.05, 0) is 13.1 Å². The molecule has 2 unspecified atom stereocenters. The smallest absolute Gasteiger partial charge is 0.255 e. The Kier molecular flexibility index (Phi) is 3.92. The maximum atomic E-state index is 13.3. The standard InChI is InChI=1S/C18H21N3O4S/c1-19-7-8-21(16-11-26(24,25)10-15(16)19)18(23)13-9-17(22)20(2)14-6-4-3-5-12(13)14/h3-6,9,15-16H,7-8,10-11H2,1-2H3. The van der Waals surface area contributed by atoms with Crippen molar-refractivity contribution in [2.24, 2.45) is 7.05 Å². The topological polar surface area (TPSA) is 79.7 Å². The predicted octanol–water partition coefficient (Wildman–Crippen LogP) is 0.0917. The second-order valence-electron chi connectivity index (χ2n) is 7.16. The van der Waals surface area contributed by atoms with E-state index < -0.39 is 9.84 Å². The van der Waals surface area contributed by atoms with Crippen LogP contribution in [0.5, 0.6) is 0 Å². The number of amides is 1. The quantitative estimate of drug-likeness (QED) is 0.706. The van der Waals surface area contributed by atoms with Crippen LogP contribution < -0.4 is 5.56 Å². The lowest BCUT2D eigenvalue weighted by molar-refractivity contribution is 0.0411. The van der Waals surface area contributed by atoms with E-state index in [1.54, 1.807) is 18.0 Å². The normalized spacial score (nSPS) is 25.4. The number of benzene rings is 1. The van der Waals surface area contributed by atoms with Gasteiger partial charge in [0.05, 0.1) is 28.6 Å². The van der Waals surface area contributed by atoms with E-state index in [-0.39, 0.29) is 35.1 Å². The number of aromatic nitrogens is 1. The lowest BCUT2D eigenvalue weighted by Crippen LogP contribution is -2.59. The van der Waals surface area contributed by atoms with Gasteiger partial charge < -0.3 is 9.47 Å². The Morgan fingerprint density at radius 1 is 1.08 bits per heavy atom. The first-order valence-corrected chi connectivity index (χ1v) is 10.4. The van der Waals surface area contributed by atoms with Crippen LogP contribution in [0.1, 0.15) is 10.4 Å². The third-order valence-electron chi connectivity index (χ3n) is 5.60. The Bertz CT molecular complexity index is 1060. The minimum Gasteiger partial charge on any atom is -0.332 e. The first-order valence-electron chi connectivity index (χ1n) is 8.59. The van der Waals surface area contributed by atoms with Gasteiger partial charge in [0.25, 0.3) is 11.5 Å². The van der Waals surface area contributed by atoms with Gasteiger partial charge in [-0.1, -0.05) is 18.2 Å². The summed E-state index contributed by atoms with van der Waals surface area (Å²) in [4.78, 5) is 29.3. The van der Waals surface area contributed by atoms with Crippen molar-refractivity contribution in [1.29, 1.82) is 0 Å². The summed E-state index contributed by atoms with van der Waals surface area (Å²) in [7, 11) is 0.403. The number of hydrogen-bond acceptors (Lipinski definition) is 5. The Hall–Kier alpha value is -2.19. The fourth-order valence-corrected chi connectivity index (χ4v) is 6.18. The number of carbonyl (C=O) groups excluding carboxylic acids is 1. The summed E-state index contributed by atoms with van der Waals surface area (Å²) in [6, 6.07) is 8.09. The summed E-state index contributed by atoms with van der Waals surface area (Å²) in [5.41, 5.74) is 0.779. The molecule has 2 saturated heterocycles. The highest BCUT2D eigenvalue weighted by Gasteiger charge is 2.47. The van der Waals surface area contributed by atoms with Crippen LogP contribution in [0, 0.1) is 0 Å². The van der Waals surface area contributed by atoms with E-state index in [0.29, 0.717) is 29.6 Å². The van der Waals surface area contributed by atoms with Gasteiger partial charge in [-0.2, -0.15) is 0 Å². The molecule has 0 aliphatic carbocycles. The van der Waals surface area contributed by atoms with Crippen molar-refractivity contribution in [3.63, 3.8) is 0 Å². The van der Waals surface area contributed by atoms with E-state index in [1.807, 2.05) is 30.1 Å². The zero-order valence-corrected chi connectivity index (χ0v) is 15.6. The number of carbonyl (C=O) groups is 1. The predicted molar refractivity (Wildman–Crippen MR) is 99.1 cm³/mol. The maximum absolute atomic E-state index is 13.3. The number of piperazine rings is 1. The highest BCUT2D eigenvalue weighted by Crippen LogP contribution is 2.28. The molecule has 3 heterocycles. The van der Waals surface area contributed by atoms with Crippen LogP contribution >= 0.6 is 0 Å². The van der Waals surface area contributed by atoms with E-state index in [2.05, 4.69) is 0 Å². The Morgan fingerprint density at radius 3 is 2.54 bits per heavy atom. The molecule has 1 aromatic carbocycles. The van der Waals surface area contributed by atoms with Gasteiger partial charge in [-0.25, -0.2) is 8.42 Å². The van der Waals surface area contributed by atoms with Gasteiger partial charge in [0.15, 0.2) is 9.84 Å². The van der Waals surface area contributed by atoms with Crippen LogP contribution in [-0.4, -0.2) is 72.4 Å². The van der Waals surface area contributed by atoms with E-state index in [9.17, 15) is 18.0 Å². The molecule has 26 heavy (non-hydrogen) atoms. The molecule has 2 aliphatic heterocycles. The van der Waals surface area contributed by atoms with Gasteiger partial charge in [-0.3, -0.25) is 14.5 Å². The zero-order valence-electron chi connectivity index (χ0n) is 14.8. The first-order chi connectivity index (χ1) is 12.3. The number of likely N-dealkylation sites (N-methyl/N-ethyl adjacent to an activating group) is 1. The minimum atomic E-state index is -3.17. The molecule has 0 bridgehead atoms. The number of aryl methyl sites for hydroxylation is 1. The van der Waals surface area contributed by atoms with Crippen LogP contribution in [0.2, 0.25) is 0 Å². The SMILES string of the molecule is CN1CCN(C(=O)c2cc(=O)n(C)c3ccccc23)C2CS(=O)(=O)CC21. The van der Waals surface area contributed by atoms with Crippen molar-refractivity contribution in [3.05, 3.63) is 46.2 Å². The molecule has 2 aliphatic rings. The number of hydrogen-bond donors (Lipinski definition) is 0. The summed E-state index contributed by atoms with van der Waals surface area (Å²) >= 11 is 0. The third-order valence-corrected chi connectivity index (χ3v) is 7.30. The van der Waals surface area contributed by atoms with Crippen molar-refractivity contribution >= 4 is 26.6 Å². The molecule has 0 radical (unpaired) electrons. The summed E-state index contributed by atoms with van der Waals surface area (Å²) in [5, 5.41) is 0.705. The molecule has 7 nitrogen and oxygen atoms in total. The molecule has 2 aromatic rings. The molecule has 8 heteroatoms. The largest absolute Gasteiger partial charge is 0.332 e. The summed E-state index contributed by atoms with van der Waals surface area (Å²) in [6.45, 7) is 1.07. The van der Waals surface area contributed by atoms with Crippen molar-refractivity contribution in [2.75, 3.05) is 31.6 Å². The van der Waals surface area contributed by atoms with Crippen molar-refractivity contribution in [2.45, 2.75) is 12.1 Å². The Labute approximate surface area is 151 Å². The highest BCUT2D eigenvalue weighted by molar-refractivity contribution is 7.91. The third kappa shape index (κ3) is 2.64. The highest BCUT2D eigenvalue weighted by atomic mass is 32.2. The first kappa shape index (κ1) is 17.2. The average molecular weight is 375 g/mol. The van der Waals surface area contributed by atoms with E-state index in [0.717, 1.165) is 0 Å². The monoisotopic (exact) mass is 375 g/mol. The molecule has 1 aromatic heterocycles. The molecular formula is C18H21N3O4S. The minimum absolute atomic E-state index is 0.0173. The van der Waals surface area contributed by atoms with Gasteiger partial charge in [0.1, 0.15) is 0 Å². The molecular weight excluding hydrogens is 354 g/mol. The van der Waals surface area contributed by atoms with Crippen LogP contribution in [0.15, 0.2) is 35.1 Å². The van der Waals surface area contributed by atoms with Crippen LogP contribution in [0.4, 0.5) is 0 Å². The maximum Gasteiger partial charge on any atom is 0.255 e. The number of pyridine rings is 1. The molecule has 2 fully saturated rings. The fraction of sp³-hybridized carbons (Fsp3) is 0.444. The van der Waals surface area contributed by atoms with Gasteiger partial charge >= 0.3 is 0 Å². The number of sulfone groups is 1. The van der Waals surface area contributed by atoms with Gasteiger partial charge in [0.2, 0.25) is 0 Å². The number of fused-ring (bicyclic) bond motifs is 2. The molecule has 0 saturated carbocycles. The van der Waals surface area contributed by atoms with Crippen LogP contribution in [0.25, 0.3) is 10.9 Å². The van der Waals surface area contributed by atoms with Crippen molar-refractivity contribution < 1.29 is 13.2 Å². The number of nitrogens with zero attached hydrogens (tertiary/aromatic N) is 3. The lowest BCUT2D eigenvalue weighted by Gasteiger charge is -2.42. The number of para-hydroxylation sites is 1. The number of rotatable bonds is 1. The summed E-state index contributed by atoms with van der Waals surface area (Å²) < 4.78 is 25.8. The van der Waals surface area contributed by atoms with Crippen LogP contribution in [0.3, 0.4) is 0 Å². The molecule has 4 rings (SSSR count). The molecule has 2 atom stereocenters. The molecule has 138 valence electrons. The van der Waals surface area contributed by atoms with E-state index in [1.165, 1.54) is 10.6 Å². The lowest BCUT2D eigenvalue weighted by atomic mass is 10.0. The summed E-state index contributed by atoms with van der Waals surface area (Å²) in [5.74, 6) is -0.203. The van der Waals surface area contributed by atoms with E-state index in [4.69, 9.17) is 0 Å². The molecule has 1 amide bonds. The van der Waals surface area contributed by atoms with Gasteiger partial charge in [-0.15, -0.1) is 0 Å². The van der Waals surface area contributed by atoms with Crippen LogP contribution in [-0.2, 0) is 16.9 Å². The van der Waals surface area contributed by atoms with Crippen molar-refractivity contribution in [3.8, 4) is 0 Å².